The minimum Gasteiger partial charge on any atom is -0.369 e. The number of rotatable bonds is 4. The third kappa shape index (κ3) is 2.96. The SMILES string of the molecule is CC1=C(C)C(C)C(C)=C(CCC(C)(C)C(N)=O)C1=O. The summed E-state index contributed by atoms with van der Waals surface area (Å²) in [4.78, 5) is 23.7. The van der Waals surface area contributed by atoms with Crippen LogP contribution in [0.3, 0.4) is 0 Å². The fraction of sp³-hybridized carbons (Fsp3) is 0.625. The number of Topliss-reactive ketones (excluding diaryl/α,β-unsaturated/α-hetero) is 1. The van der Waals surface area contributed by atoms with Crippen LogP contribution in [0.25, 0.3) is 0 Å². The summed E-state index contributed by atoms with van der Waals surface area (Å²) in [6.45, 7) is 11.7. The van der Waals surface area contributed by atoms with Gasteiger partial charge < -0.3 is 5.73 Å². The van der Waals surface area contributed by atoms with Crippen LogP contribution in [0.5, 0.6) is 0 Å². The number of carbonyl (C=O) groups excluding carboxylic acids is 2. The number of hydrogen-bond acceptors (Lipinski definition) is 2. The van der Waals surface area contributed by atoms with Gasteiger partial charge >= 0.3 is 0 Å². The maximum Gasteiger partial charge on any atom is 0.223 e. The zero-order valence-electron chi connectivity index (χ0n) is 12.9. The summed E-state index contributed by atoms with van der Waals surface area (Å²) in [5, 5.41) is 0. The summed E-state index contributed by atoms with van der Waals surface area (Å²) in [6.07, 6.45) is 1.23. The van der Waals surface area contributed by atoms with Crippen LogP contribution in [0.1, 0.15) is 54.4 Å². The highest BCUT2D eigenvalue weighted by Gasteiger charge is 2.30. The molecule has 19 heavy (non-hydrogen) atoms. The van der Waals surface area contributed by atoms with Gasteiger partial charge in [0, 0.05) is 5.41 Å². The Kier molecular flexibility index (Phi) is 4.39. The van der Waals surface area contributed by atoms with E-state index in [1.807, 2.05) is 34.6 Å². The molecule has 0 aromatic rings. The molecule has 1 aliphatic rings. The molecule has 0 aromatic heterocycles. The van der Waals surface area contributed by atoms with Crippen LogP contribution < -0.4 is 5.73 Å². The standard InChI is InChI=1S/C16H25NO2/c1-9-10(2)12(4)14(18)13(11(9)3)7-8-16(5,6)15(17)19/h9H,7-8H2,1-6H3,(H2,17,19). The van der Waals surface area contributed by atoms with Gasteiger partial charge in [-0.05, 0) is 50.7 Å². The normalized spacial score (nSPS) is 21.2. The zero-order valence-corrected chi connectivity index (χ0v) is 12.9. The molecule has 1 aliphatic carbocycles. The molecule has 0 saturated heterocycles. The van der Waals surface area contributed by atoms with Crippen molar-refractivity contribution in [3.63, 3.8) is 0 Å². The van der Waals surface area contributed by atoms with E-state index in [-0.39, 0.29) is 11.7 Å². The lowest BCUT2D eigenvalue weighted by Crippen LogP contribution is -2.32. The first-order valence-electron chi connectivity index (χ1n) is 6.81. The summed E-state index contributed by atoms with van der Waals surface area (Å²) in [5.41, 5.74) is 8.82. The number of carbonyl (C=O) groups is 2. The molecule has 0 heterocycles. The molecule has 1 atom stereocenters. The Hall–Kier alpha value is -1.38. The summed E-state index contributed by atoms with van der Waals surface area (Å²) in [5.74, 6) is 0.128. The largest absolute Gasteiger partial charge is 0.369 e. The summed E-state index contributed by atoms with van der Waals surface area (Å²) >= 11 is 0. The Morgan fingerprint density at radius 3 is 2.21 bits per heavy atom. The Balaban J connectivity index is 2.96. The molecular formula is C16H25NO2. The van der Waals surface area contributed by atoms with Gasteiger partial charge in [-0.25, -0.2) is 0 Å². The smallest absolute Gasteiger partial charge is 0.223 e. The lowest BCUT2D eigenvalue weighted by molar-refractivity contribution is -0.126. The van der Waals surface area contributed by atoms with Crippen LogP contribution in [0.4, 0.5) is 0 Å². The van der Waals surface area contributed by atoms with Crippen LogP contribution in [0.2, 0.25) is 0 Å². The molecule has 0 aliphatic heterocycles. The maximum absolute atomic E-state index is 12.3. The van der Waals surface area contributed by atoms with E-state index in [1.165, 1.54) is 0 Å². The Morgan fingerprint density at radius 2 is 1.74 bits per heavy atom. The van der Waals surface area contributed by atoms with Gasteiger partial charge in [0.05, 0.1) is 0 Å². The predicted octanol–water partition coefficient (Wildman–Crippen LogP) is 3.15. The van der Waals surface area contributed by atoms with Gasteiger partial charge in [0.2, 0.25) is 5.91 Å². The second kappa shape index (κ2) is 5.32. The van der Waals surface area contributed by atoms with Crippen molar-refractivity contribution in [2.75, 3.05) is 0 Å². The predicted molar refractivity (Wildman–Crippen MR) is 77.5 cm³/mol. The van der Waals surface area contributed by atoms with Crippen molar-refractivity contribution >= 4 is 11.7 Å². The molecule has 0 bridgehead atoms. The molecule has 1 unspecified atom stereocenters. The molecule has 1 amide bonds. The molecule has 0 aromatic carbocycles. The number of primary amides is 1. The van der Waals surface area contributed by atoms with E-state index in [0.717, 1.165) is 22.3 Å². The molecule has 0 spiro atoms. The molecule has 0 radical (unpaired) electrons. The number of ketones is 1. The average Bonchev–Trinajstić information content (AvgIpc) is 2.33. The fourth-order valence-electron chi connectivity index (χ4n) is 2.37. The van der Waals surface area contributed by atoms with Crippen molar-refractivity contribution in [2.45, 2.75) is 54.4 Å². The van der Waals surface area contributed by atoms with Crippen molar-refractivity contribution in [1.29, 1.82) is 0 Å². The Morgan fingerprint density at radius 1 is 1.21 bits per heavy atom. The van der Waals surface area contributed by atoms with Gasteiger partial charge in [-0.2, -0.15) is 0 Å². The molecule has 3 nitrogen and oxygen atoms in total. The average molecular weight is 263 g/mol. The van der Waals surface area contributed by atoms with Gasteiger partial charge in [0.15, 0.2) is 5.78 Å². The summed E-state index contributed by atoms with van der Waals surface area (Å²) in [7, 11) is 0. The third-order valence-electron chi connectivity index (χ3n) is 4.65. The van der Waals surface area contributed by atoms with Crippen molar-refractivity contribution < 1.29 is 9.59 Å². The van der Waals surface area contributed by atoms with Gasteiger partial charge in [-0.3, -0.25) is 9.59 Å². The van der Waals surface area contributed by atoms with Crippen LogP contribution in [0, 0.1) is 11.3 Å². The maximum atomic E-state index is 12.3. The van der Waals surface area contributed by atoms with Crippen LogP contribution in [-0.2, 0) is 9.59 Å². The van der Waals surface area contributed by atoms with E-state index in [0.29, 0.717) is 18.8 Å². The molecule has 2 N–H and O–H groups in total. The fourth-order valence-corrected chi connectivity index (χ4v) is 2.37. The van der Waals surface area contributed by atoms with Gasteiger partial charge in [-0.15, -0.1) is 0 Å². The van der Waals surface area contributed by atoms with E-state index in [2.05, 4.69) is 6.92 Å². The molecule has 3 heteroatoms. The summed E-state index contributed by atoms with van der Waals surface area (Å²) < 4.78 is 0. The number of hydrogen-bond donors (Lipinski definition) is 1. The zero-order chi connectivity index (χ0) is 15.0. The highest BCUT2D eigenvalue weighted by molar-refractivity contribution is 6.10. The lowest BCUT2D eigenvalue weighted by Gasteiger charge is -2.27. The first-order chi connectivity index (χ1) is 8.59. The van der Waals surface area contributed by atoms with Gasteiger partial charge in [-0.1, -0.05) is 31.9 Å². The number of amides is 1. The van der Waals surface area contributed by atoms with Crippen LogP contribution in [-0.4, -0.2) is 11.7 Å². The molecule has 1 rings (SSSR count). The molecular weight excluding hydrogens is 238 g/mol. The Bertz CT molecular complexity index is 481. The van der Waals surface area contributed by atoms with E-state index in [1.54, 1.807) is 0 Å². The number of nitrogens with two attached hydrogens (primary N) is 1. The minimum atomic E-state index is -0.569. The van der Waals surface area contributed by atoms with Crippen molar-refractivity contribution in [3.8, 4) is 0 Å². The highest BCUT2D eigenvalue weighted by atomic mass is 16.1. The van der Waals surface area contributed by atoms with Crippen molar-refractivity contribution in [2.24, 2.45) is 17.1 Å². The molecule has 106 valence electrons. The highest BCUT2D eigenvalue weighted by Crippen LogP contribution is 2.35. The first-order valence-corrected chi connectivity index (χ1v) is 6.81. The summed E-state index contributed by atoms with van der Waals surface area (Å²) in [6, 6.07) is 0. The van der Waals surface area contributed by atoms with Gasteiger partial charge in [0.1, 0.15) is 0 Å². The lowest BCUT2D eigenvalue weighted by atomic mass is 9.76. The molecule has 0 saturated carbocycles. The Labute approximate surface area is 115 Å². The van der Waals surface area contributed by atoms with E-state index < -0.39 is 5.41 Å². The number of allylic oxidation sites excluding steroid dienone is 4. The quantitative estimate of drug-likeness (QED) is 0.847. The van der Waals surface area contributed by atoms with Crippen LogP contribution in [0.15, 0.2) is 22.3 Å². The van der Waals surface area contributed by atoms with E-state index in [4.69, 9.17) is 5.73 Å². The first kappa shape index (κ1) is 15.7. The monoisotopic (exact) mass is 263 g/mol. The van der Waals surface area contributed by atoms with Crippen molar-refractivity contribution in [3.05, 3.63) is 22.3 Å². The second-order valence-electron chi connectivity index (χ2n) is 6.27. The van der Waals surface area contributed by atoms with E-state index >= 15 is 0 Å². The van der Waals surface area contributed by atoms with Crippen LogP contribution >= 0.6 is 0 Å². The third-order valence-corrected chi connectivity index (χ3v) is 4.65. The molecule has 0 fully saturated rings. The van der Waals surface area contributed by atoms with E-state index in [9.17, 15) is 9.59 Å². The van der Waals surface area contributed by atoms with Crippen molar-refractivity contribution in [1.82, 2.24) is 0 Å². The van der Waals surface area contributed by atoms with Gasteiger partial charge in [0.25, 0.3) is 0 Å². The second-order valence-corrected chi connectivity index (χ2v) is 6.27. The minimum absolute atomic E-state index is 0.133. The topological polar surface area (TPSA) is 60.2 Å².